The Morgan fingerprint density at radius 2 is 1.92 bits per heavy atom. The molecule has 1 aliphatic rings. The lowest BCUT2D eigenvalue weighted by atomic mass is 9.84. The van der Waals surface area contributed by atoms with Gasteiger partial charge in [-0.3, -0.25) is 0 Å². The van der Waals surface area contributed by atoms with Crippen molar-refractivity contribution in [2.45, 2.75) is 58.1 Å². The minimum absolute atomic E-state index is 0.205. The van der Waals surface area contributed by atoms with Gasteiger partial charge in [0, 0.05) is 12.6 Å². The van der Waals surface area contributed by atoms with Gasteiger partial charge in [-0.1, -0.05) is 13.3 Å². The van der Waals surface area contributed by atoms with Crippen LogP contribution in [0.5, 0.6) is 0 Å². The van der Waals surface area contributed by atoms with Crippen LogP contribution in [0.4, 0.5) is 0 Å². The van der Waals surface area contributed by atoms with Crippen LogP contribution in [0.2, 0.25) is 0 Å². The van der Waals surface area contributed by atoms with E-state index in [0.29, 0.717) is 6.04 Å². The summed E-state index contributed by atoms with van der Waals surface area (Å²) in [6, 6.07) is 0.664. The van der Waals surface area contributed by atoms with Crippen molar-refractivity contribution < 1.29 is 5.11 Å². The highest BCUT2D eigenvalue weighted by Crippen LogP contribution is 2.26. The molecular weight excluding hydrogens is 162 g/mol. The highest BCUT2D eigenvalue weighted by molar-refractivity contribution is 4.76. The largest absolute Gasteiger partial charge is 0.392 e. The van der Waals surface area contributed by atoms with Gasteiger partial charge in [-0.05, 0) is 38.5 Å². The van der Waals surface area contributed by atoms with Crippen LogP contribution in [0.3, 0.4) is 0 Å². The van der Waals surface area contributed by atoms with Crippen molar-refractivity contribution >= 4 is 0 Å². The van der Waals surface area contributed by atoms with Gasteiger partial charge in [0.15, 0.2) is 0 Å². The lowest BCUT2D eigenvalue weighted by molar-refractivity contribution is 0.177. The van der Waals surface area contributed by atoms with Gasteiger partial charge < -0.3 is 10.4 Å². The summed E-state index contributed by atoms with van der Waals surface area (Å²) in [4.78, 5) is 0. The topological polar surface area (TPSA) is 32.3 Å². The summed E-state index contributed by atoms with van der Waals surface area (Å²) in [5, 5.41) is 12.5. The first-order chi connectivity index (χ1) is 6.22. The van der Waals surface area contributed by atoms with Crippen LogP contribution in [0, 0.1) is 5.92 Å². The van der Waals surface area contributed by atoms with Crippen LogP contribution in [0.15, 0.2) is 0 Å². The summed E-state index contributed by atoms with van der Waals surface area (Å²) in [5.41, 5.74) is 0. The summed E-state index contributed by atoms with van der Waals surface area (Å²) >= 11 is 0. The van der Waals surface area contributed by atoms with Crippen molar-refractivity contribution in [3.05, 3.63) is 0 Å². The summed E-state index contributed by atoms with van der Waals surface area (Å²) in [5.74, 6) is 0.963. The van der Waals surface area contributed by atoms with Crippen LogP contribution in [0.25, 0.3) is 0 Å². The zero-order chi connectivity index (χ0) is 9.68. The first-order valence-corrected chi connectivity index (χ1v) is 5.63. The molecule has 1 saturated carbocycles. The molecule has 0 bridgehead atoms. The zero-order valence-corrected chi connectivity index (χ0v) is 8.92. The van der Waals surface area contributed by atoms with Crippen LogP contribution < -0.4 is 5.32 Å². The molecule has 0 aromatic heterocycles. The first kappa shape index (κ1) is 11.0. The Labute approximate surface area is 81.7 Å². The van der Waals surface area contributed by atoms with Crippen molar-refractivity contribution in [3.63, 3.8) is 0 Å². The first-order valence-electron chi connectivity index (χ1n) is 5.63. The molecule has 1 fully saturated rings. The molecule has 1 rings (SSSR count). The molecular formula is C11H23NO. The maximum absolute atomic E-state index is 9.12. The molecule has 1 aliphatic carbocycles. The smallest absolute Gasteiger partial charge is 0.0636 e. The molecule has 0 spiro atoms. The van der Waals surface area contributed by atoms with E-state index in [4.69, 9.17) is 5.11 Å². The van der Waals surface area contributed by atoms with E-state index in [0.717, 1.165) is 12.5 Å². The second-order valence-corrected chi connectivity index (χ2v) is 4.38. The van der Waals surface area contributed by atoms with E-state index in [9.17, 15) is 0 Å². The van der Waals surface area contributed by atoms with Gasteiger partial charge in [0.2, 0.25) is 0 Å². The lowest BCUT2D eigenvalue weighted by Gasteiger charge is -2.28. The zero-order valence-electron chi connectivity index (χ0n) is 8.92. The minimum atomic E-state index is -0.205. The molecule has 0 aliphatic heterocycles. The molecule has 13 heavy (non-hydrogen) atoms. The average Bonchev–Trinajstić information content (AvgIpc) is 2.15. The van der Waals surface area contributed by atoms with E-state index < -0.39 is 0 Å². The molecule has 1 unspecified atom stereocenters. The Balaban J connectivity index is 2.10. The van der Waals surface area contributed by atoms with E-state index in [-0.39, 0.29) is 6.10 Å². The quantitative estimate of drug-likeness (QED) is 0.701. The monoisotopic (exact) mass is 185 g/mol. The third-order valence-electron chi connectivity index (χ3n) is 3.13. The Kier molecular flexibility index (Phi) is 4.74. The van der Waals surface area contributed by atoms with E-state index in [1.165, 1.54) is 32.1 Å². The molecule has 0 aromatic carbocycles. The third-order valence-corrected chi connectivity index (χ3v) is 3.13. The van der Waals surface area contributed by atoms with Crippen molar-refractivity contribution in [1.29, 1.82) is 0 Å². The fourth-order valence-electron chi connectivity index (χ4n) is 2.11. The fourth-order valence-corrected chi connectivity index (χ4v) is 2.11. The molecule has 0 amide bonds. The van der Waals surface area contributed by atoms with E-state index in [1.807, 2.05) is 6.92 Å². The number of nitrogens with one attached hydrogen (secondary N) is 1. The number of hydrogen-bond acceptors (Lipinski definition) is 2. The second-order valence-electron chi connectivity index (χ2n) is 4.38. The number of hydrogen-bond donors (Lipinski definition) is 2. The fraction of sp³-hybridized carbons (Fsp3) is 1.00. The predicted octanol–water partition coefficient (Wildman–Crippen LogP) is 1.93. The number of rotatable bonds is 4. The van der Waals surface area contributed by atoms with Gasteiger partial charge in [-0.25, -0.2) is 0 Å². The van der Waals surface area contributed by atoms with Gasteiger partial charge in [-0.15, -0.1) is 0 Å². The standard InChI is InChI=1S/C11H23NO/c1-3-10-4-6-11(7-5-10)12-8-9(2)13/h9-13H,3-8H2,1-2H3. The maximum atomic E-state index is 9.12. The summed E-state index contributed by atoms with van der Waals surface area (Å²) in [6.07, 6.45) is 6.46. The number of aliphatic hydroxyl groups excluding tert-OH is 1. The Bertz CT molecular complexity index is 128. The van der Waals surface area contributed by atoms with Gasteiger partial charge in [0.25, 0.3) is 0 Å². The van der Waals surface area contributed by atoms with E-state index in [2.05, 4.69) is 12.2 Å². The van der Waals surface area contributed by atoms with Crippen molar-refractivity contribution in [3.8, 4) is 0 Å². The molecule has 0 saturated heterocycles. The average molecular weight is 185 g/mol. The highest BCUT2D eigenvalue weighted by Gasteiger charge is 2.19. The van der Waals surface area contributed by atoms with E-state index in [1.54, 1.807) is 0 Å². The minimum Gasteiger partial charge on any atom is -0.392 e. The van der Waals surface area contributed by atoms with Crippen molar-refractivity contribution in [1.82, 2.24) is 5.32 Å². The molecule has 2 N–H and O–H groups in total. The molecule has 0 heterocycles. The SMILES string of the molecule is CCC1CCC(NCC(C)O)CC1. The highest BCUT2D eigenvalue weighted by atomic mass is 16.3. The van der Waals surface area contributed by atoms with Gasteiger partial charge in [0.1, 0.15) is 0 Å². The lowest BCUT2D eigenvalue weighted by Crippen LogP contribution is -2.37. The van der Waals surface area contributed by atoms with Gasteiger partial charge >= 0.3 is 0 Å². The second kappa shape index (κ2) is 5.61. The Hall–Kier alpha value is -0.0800. The van der Waals surface area contributed by atoms with Crippen LogP contribution in [-0.4, -0.2) is 23.8 Å². The predicted molar refractivity (Wildman–Crippen MR) is 55.7 cm³/mol. The van der Waals surface area contributed by atoms with Crippen LogP contribution in [0.1, 0.15) is 46.0 Å². The molecule has 2 heteroatoms. The molecule has 0 radical (unpaired) electrons. The third kappa shape index (κ3) is 4.10. The summed E-state index contributed by atoms with van der Waals surface area (Å²) < 4.78 is 0. The van der Waals surface area contributed by atoms with Gasteiger partial charge in [0.05, 0.1) is 6.10 Å². The summed E-state index contributed by atoms with van der Waals surface area (Å²) in [6.45, 7) is 4.88. The molecule has 2 nitrogen and oxygen atoms in total. The summed E-state index contributed by atoms with van der Waals surface area (Å²) in [7, 11) is 0. The van der Waals surface area contributed by atoms with E-state index >= 15 is 0 Å². The normalized spacial score (nSPS) is 31.6. The molecule has 0 aromatic rings. The van der Waals surface area contributed by atoms with Crippen LogP contribution >= 0.6 is 0 Å². The van der Waals surface area contributed by atoms with Crippen LogP contribution in [-0.2, 0) is 0 Å². The maximum Gasteiger partial charge on any atom is 0.0636 e. The van der Waals surface area contributed by atoms with Crippen molar-refractivity contribution in [2.24, 2.45) is 5.92 Å². The number of aliphatic hydroxyl groups is 1. The van der Waals surface area contributed by atoms with Crippen molar-refractivity contribution in [2.75, 3.05) is 6.54 Å². The molecule has 78 valence electrons. The molecule has 1 atom stereocenters. The Morgan fingerprint density at radius 1 is 1.31 bits per heavy atom. The van der Waals surface area contributed by atoms with Gasteiger partial charge in [-0.2, -0.15) is 0 Å². The Morgan fingerprint density at radius 3 is 2.38 bits per heavy atom.